The van der Waals surface area contributed by atoms with Crippen LogP contribution in [0.5, 0.6) is 0 Å². The summed E-state index contributed by atoms with van der Waals surface area (Å²) < 4.78 is 107. The maximum Gasteiger partial charge on any atom is 0.270 e. The molecule has 2 aromatic rings. The van der Waals surface area contributed by atoms with Crippen molar-refractivity contribution >= 4 is 15.9 Å². The van der Waals surface area contributed by atoms with E-state index in [0.717, 1.165) is 0 Å². The van der Waals surface area contributed by atoms with Crippen LogP contribution in [0.4, 0.5) is 26.3 Å². The maximum absolute atomic E-state index is 14.0. The number of halogens is 6. The number of amides is 1. The summed E-state index contributed by atoms with van der Waals surface area (Å²) in [5, 5.41) is 0. The molecule has 170 valence electrons. The van der Waals surface area contributed by atoms with Crippen molar-refractivity contribution < 1.29 is 39.6 Å². The molecule has 0 unspecified atom stereocenters. The highest BCUT2D eigenvalue weighted by Gasteiger charge is 2.34. The Bertz CT molecular complexity index is 1090. The van der Waals surface area contributed by atoms with Crippen LogP contribution in [0.15, 0.2) is 17.0 Å². The van der Waals surface area contributed by atoms with Gasteiger partial charge in [-0.2, -0.15) is 0 Å². The lowest BCUT2D eigenvalue weighted by Crippen LogP contribution is -2.34. The standard InChI is InChI=1S/C20H19F6NO3S/c1-8(2)11-5-10(21)6-12(9(3)4)13(11)7-14(28)27-31(29,30)20-18(25)16(23)15(22)17(24)19(20)26/h5-6,8-9H,7H2,1-4H3,(H,27,28). The number of benzene rings is 2. The van der Waals surface area contributed by atoms with Crippen LogP contribution < -0.4 is 4.72 Å². The van der Waals surface area contributed by atoms with Crippen LogP contribution in [0.25, 0.3) is 0 Å². The van der Waals surface area contributed by atoms with Crippen LogP contribution >= 0.6 is 0 Å². The summed E-state index contributed by atoms with van der Waals surface area (Å²) in [4.78, 5) is 10.2. The number of nitrogens with one attached hydrogen (secondary N) is 1. The predicted octanol–water partition coefficient (Wildman–Crippen LogP) is 4.82. The minimum absolute atomic E-state index is 0.261. The van der Waals surface area contributed by atoms with Gasteiger partial charge in [0.25, 0.3) is 10.0 Å². The normalized spacial score (nSPS) is 12.0. The number of hydrogen-bond acceptors (Lipinski definition) is 3. The molecule has 1 N–H and O–H groups in total. The molecule has 0 aliphatic rings. The van der Waals surface area contributed by atoms with Crippen LogP contribution in [-0.2, 0) is 21.2 Å². The van der Waals surface area contributed by atoms with E-state index < -0.39 is 62.2 Å². The molecular formula is C20H19F6NO3S. The van der Waals surface area contributed by atoms with Gasteiger partial charge in [0.1, 0.15) is 5.82 Å². The van der Waals surface area contributed by atoms with E-state index in [4.69, 9.17) is 0 Å². The largest absolute Gasteiger partial charge is 0.274 e. The van der Waals surface area contributed by atoms with Gasteiger partial charge in [-0.25, -0.2) is 39.5 Å². The first-order chi connectivity index (χ1) is 14.2. The van der Waals surface area contributed by atoms with Crippen molar-refractivity contribution in [2.24, 2.45) is 0 Å². The molecule has 0 aliphatic carbocycles. The summed E-state index contributed by atoms with van der Waals surface area (Å²) in [5.74, 6) is -15.0. The number of rotatable bonds is 6. The van der Waals surface area contributed by atoms with Gasteiger partial charge in [-0.05, 0) is 40.7 Å². The summed E-state index contributed by atoms with van der Waals surface area (Å²) in [6, 6.07) is 2.36. The number of hydrogen-bond donors (Lipinski definition) is 1. The van der Waals surface area contributed by atoms with Crippen molar-refractivity contribution in [3.05, 3.63) is 63.7 Å². The molecule has 0 bridgehead atoms. The van der Waals surface area contributed by atoms with E-state index in [9.17, 15) is 39.6 Å². The van der Waals surface area contributed by atoms with Crippen LogP contribution in [-0.4, -0.2) is 14.3 Å². The lowest BCUT2D eigenvalue weighted by atomic mass is 9.87. The van der Waals surface area contributed by atoms with Crippen LogP contribution in [0, 0.1) is 34.9 Å². The first kappa shape index (κ1) is 24.7. The van der Waals surface area contributed by atoms with E-state index in [2.05, 4.69) is 0 Å². The van der Waals surface area contributed by atoms with E-state index in [0.29, 0.717) is 16.7 Å². The molecule has 11 heteroatoms. The van der Waals surface area contributed by atoms with Crippen molar-refractivity contribution in [3.63, 3.8) is 0 Å². The second-order valence-electron chi connectivity index (χ2n) is 7.48. The third-order valence-corrected chi connectivity index (χ3v) is 5.94. The Kier molecular flexibility index (Phi) is 7.09. The zero-order valence-corrected chi connectivity index (χ0v) is 17.7. The van der Waals surface area contributed by atoms with E-state index in [1.165, 1.54) is 16.9 Å². The Balaban J connectivity index is 2.49. The van der Waals surface area contributed by atoms with E-state index in [1.807, 2.05) is 0 Å². The first-order valence-corrected chi connectivity index (χ1v) is 10.6. The van der Waals surface area contributed by atoms with Crippen LogP contribution in [0.2, 0.25) is 0 Å². The zero-order chi connectivity index (χ0) is 23.8. The lowest BCUT2D eigenvalue weighted by Gasteiger charge is -2.20. The van der Waals surface area contributed by atoms with Gasteiger partial charge in [-0.15, -0.1) is 0 Å². The molecule has 0 spiro atoms. The summed E-state index contributed by atoms with van der Waals surface area (Å²) in [6.07, 6.45) is -0.629. The molecule has 31 heavy (non-hydrogen) atoms. The predicted molar refractivity (Wildman–Crippen MR) is 99.8 cm³/mol. The molecule has 2 rings (SSSR count). The fourth-order valence-corrected chi connectivity index (χ4v) is 4.26. The van der Waals surface area contributed by atoms with Crippen molar-refractivity contribution in [2.75, 3.05) is 0 Å². The average molecular weight is 467 g/mol. The van der Waals surface area contributed by atoms with Gasteiger partial charge in [0.15, 0.2) is 28.2 Å². The van der Waals surface area contributed by atoms with Gasteiger partial charge >= 0.3 is 0 Å². The molecule has 0 saturated carbocycles. The monoisotopic (exact) mass is 467 g/mol. The van der Waals surface area contributed by atoms with Gasteiger partial charge < -0.3 is 0 Å². The number of carbonyl (C=O) groups is 1. The molecule has 0 heterocycles. The molecule has 4 nitrogen and oxygen atoms in total. The van der Waals surface area contributed by atoms with Crippen LogP contribution in [0.3, 0.4) is 0 Å². The van der Waals surface area contributed by atoms with E-state index >= 15 is 0 Å². The zero-order valence-electron chi connectivity index (χ0n) is 16.9. The highest BCUT2D eigenvalue weighted by Crippen LogP contribution is 2.30. The summed E-state index contributed by atoms with van der Waals surface area (Å²) in [7, 11) is -5.45. The SMILES string of the molecule is CC(C)c1cc(F)cc(C(C)C)c1CC(=O)NS(=O)(=O)c1c(F)c(F)c(F)c(F)c1F. The third-order valence-electron chi connectivity index (χ3n) is 4.55. The fraction of sp³-hybridized carbons (Fsp3) is 0.350. The minimum Gasteiger partial charge on any atom is -0.274 e. The molecule has 0 fully saturated rings. The Morgan fingerprint density at radius 1 is 0.806 bits per heavy atom. The van der Waals surface area contributed by atoms with E-state index in [-0.39, 0.29) is 11.8 Å². The quantitative estimate of drug-likeness (QED) is 0.377. The smallest absolute Gasteiger partial charge is 0.270 e. The average Bonchev–Trinajstić information content (AvgIpc) is 2.64. The highest BCUT2D eigenvalue weighted by atomic mass is 32.2. The fourth-order valence-electron chi connectivity index (χ4n) is 3.13. The molecule has 1 amide bonds. The summed E-state index contributed by atoms with van der Waals surface area (Å²) in [5.41, 5.74) is 1.12. The second-order valence-corrected chi connectivity index (χ2v) is 9.10. The number of carbonyl (C=O) groups excluding carboxylic acids is 1. The third kappa shape index (κ3) is 4.86. The van der Waals surface area contributed by atoms with Gasteiger partial charge in [-0.1, -0.05) is 27.7 Å². The molecule has 0 saturated heterocycles. The number of sulfonamides is 1. The van der Waals surface area contributed by atoms with Crippen LogP contribution in [0.1, 0.15) is 56.2 Å². The Labute approximate surface area is 175 Å². The van der Waals surface area contributed by atoms with Gasteiger partial charge in [0.05, 0.1) is 6.42 Å². The molecule has 0 aromatic heterocycles. The summed E-state index contributed by atoms with van der Waals surface area (Å²) in [6.45, 7) is 6.86. The van der Waals surface area contributed by atoms with Crippen molar-refractivity contribution in [1.82, 2.24) is 4.72 Å². The van der Waals surface area contributed by atoms with Gasteiger partial charge in [0.2, 0.25) is 11.7 Å². The minimum atomic E-state index is -5.45. The summed E-state index contributed by atoms with van der Waals surface area (Å²) >= 11 is 0. The Morgan fingerprint density at radius 3 is 1.58 bits per heavy atom. The molecule has 2 aromatic carbocycles. The first-order valence-electron chi connectivity index (χ1n) is 9.08. The van der Waals surface area contributed by atoms with E-state index in [1.54, 1.807) is 27.7 Å². The topological polar surface area (TPSA) is 63.2 Å². The Hall–Kier alpha value is -2.56. The van der Waals surface area contributed by atoms with Crippen molar-refractivity contribution in [1.29, 1.82) is 0 Å². The van der Waals surface area contributed by atoms with Gasteiger partial charge in [0, 0.05) is 0 Å². The van der Waals surface area contributed by atoms with Crippen molar-refractivity contribution in [2.45, 2.75) is 50.8 Å². The lowest BCUT2D eigenvalue weighted by molar-refractivity contribution is -0.118. The maximum atomic E-state index is 14.0. The molecule has 0 aliphatic heterocycles. The second kappa shape index (κ2) is 8.89. The molecule has 0 radical (unpaired) electrons. The van der Waals surface area contributed by atoms with Crippen molar-refractivity contribution in [3.8, 4) is 0 Å². The van der Waals surface area contributed by atoms with Gasteiger partial charge in [-0.3, -0.25) is 4.79 Å². The Morgan fingerprint density at radius 2 is 1.19 bits per heavy atom. The molecule has 0 atom stereocenters. The molecular weight excluding hydrogens is 448 g/mol. The highest BCUT2D eigenvalue weighted by molar-refractivity contribution is 7.90.